The Morgan fingerprint density at radius 3 is 2.86 bits per heavy atom. The van der Waals surface area contributed by atoms with E-state index >= 15 is 0 Å². The third-order valence-corrected chi connectivity index (χ3v) is 2.94. The standard InChI is InChI=1S/C11H14ClN.ClH/c1-8-7-13-11(12)6-9-4-2-3-5-10(8)9;/h2-5,8,11,13H,6-7H2,1H3;1H/t8-,11?;/m0./s1. The van der Waals surface area contributed by atoms with Crippen molar-refractivity contribution in [3.8, 4) is 0 Å². The van der Waals surface area contributed by atoms with Gasteiger partial charge in [0, 0.05) is 13.0 Å². The minimum Gasteiger partial charge on any atom is -0.300 e. The van der Waals surface area contributed by atoms with Gasteiger partial charge in [-0.3, -0.25) is 0 Å². The van der Waals surface area contributed by atoms with Gasteiger partial charge in [0.25, 0.3) is 0 Å². The smallest absolute Gasteiger partial charge is 0.0866 e. The van der Waals surface area contributed by atoms with E-state index in [1.165, 1.54) is 11.1 Å². The van der Waals surface area contributed by atoms with Crippen LogP contribution in [0.4, 0.5) is 0 Å². The highest BCUT2D eigenvalue weighted by atomic mass is 35.5. The molecular formula is C11H15Cl2N. The molecule has 1 aromatic rings. The molecule has 14 heavy (non-hydrogen) atoms. The first-order chi connectivity index (χ1) is 6.27. The molecule has 1 unspecified atom stereocenters. The summed E-state index contributed by atoms with van der Waals surface area (Å²) in [6.07, 6.45) is 0.933. The number of nitrogens with one attached hydrogen (secondary N) is 1. The van der Waals surface area contributed by atoms with Crippen LogP contribution in [0.1, 0.15) is 24.0 Å². The molecule has 78 valence electrons. The lowest BCUT2D eigenvalue weighted by molar-refractivity contribution is 0.612. The van der Waals surface area contributed by atoms with Gasteiger partial charge in [0.05, 0.1) is 5.50 Å². The number of halogens is 2. The van der Waals surface area contributed by atoms with Crippen molar-refractivity contribution < 1.29 is 0 Å². The molecule has 0 amide bonds. The van der Waals surface area contributed by atoms with Crippen LogP contribution in [0.15, 0.2) is 24.3 Å². The summed E-state index contributed by atoms with van der Waals surface area (Å²) in [5.41, 5.74) is 2.92. The van der Waals surface area contributed by atoms with Gasteiger partial charge < -0.3 is 5.32 Å². The van der Waals surface area contributed by atoms with E-state index in [2.05, 4.69) is 36.5 Å². The van der Waals surface area contributed by atoms with Crippen LogP contribution in [-0.4, -0.2) is 12.0 Å². The quantitative estimate of drug-likeness (QED) is 0.535. The summed E-state index contributed by atoms with van der Waals surface area (Å²) in [4.78, 5) is 0. The van der Waals surface area contributed by atoms with Gasteiger partial charge in [-0.1, -0.05) is 31.2 Å². The third-order valence-electron chi connectivity index (χ3n) is 2.63. The average Bonchev–Trinajstić information content (AvgIpc) is 2.27. The number of hydrogen-bond acceptors (Lipinski definition) is 1. The van der Waals surface area contributed by atoms with E-state index in [1.807, 2.05) is 0 Å². The SMILES string of the molecule is C[C@H]1CNC(Cl)Cc2ccccc21.Cl. The lowest BCUT2D eigenvalue weighted by atomic mass is 9.96. The zero-order chi connectivity index (χ0) is 9.26. The lowest BCUT2D eigenvalue weighted by Gasteiger charge is -2.10. The predicted molar refractivity (Wildman–Crippen MR) is 63.5 cm³/mol. The Bertz CT molecular complexity index is 301. The minimum absolute atomic E-state index is 0. The molecule has 0 aromatic heterocycles. The van der Waals surface area contributed by atoms with Gasteiger partial charge in [0.1, 0.15) is 0 Å². The van der Waals surface area contributed by atoms with E-state index in [0.29, 0.717) is 5.92 Å². The molecular weight excluding hydrogens is 217 g/mol. The molecule has 0 radical (unpaired) electrons. The predicted octanol–water partition coefficient (Wildman–Crippen LogP) is 2.92. The second-order valence-corrected chi connectivity index (χ2v) is 4.21. The fourth-order valence-electron chi connectivity index (χ4n) is 1.88. The Morgan fingerprint density at radius 1 is 1.36 bits per heavy atom. The largest absolute Gasteiger partial charge is 0.300 e. The molecule has 0 fully saturated rings. The third kappa shape index (κ3) is 2.41. The Kier molecular flexibility index (Phi) is 4.24. The van der Waals surface area contributed by atoms with E-state index in [4.69, 9.17) is 11.6 Å². The van der Waals surface area contributed by atoms with Gasteiger partial charge >= 0.3 is 0 Å². The second kappa shape index (κ2) is 5.01. The van der Waals surface area contributed by atoms with Crippen LogP contribution in [0.25, 0.3) is 0 Å². The van der Waals surface area contributed by atoms with Gasteiger partial charge in [-0.05, 0) is 17.0 Å². The molecule has 1 N–H and O–H groups in total. The van der Waals surface area contributed by atoms with Crippen molar-refractivity contribution in [3.05, 3.63) is 35.4 Å². The average molecular weight is 232 g/mol. The van der Waals surface area contributed by atoms with Gasteiger partial charge in [-0.15, -0.1) is 24.0 Å². The monoisotopic (exact) mass is 231 g/mol. The molecule has 1 aromatic carbocycles. The van der Waals surface area contributed by atoms with E-state index in [1.54, 1.807) is 0 Å². The molecule has 3 heteroatoms. The first-order valence-electron chi connectivity index (χ1n) is 4.72. The summed E-state index contributed by atoms with van der Waals surface area (Å²) in [6, 6.07) is 8.56. The van der Waals surface area contributed by atoms with Gasteiger partial charge in [-0.2, -0.15) is 0 Å². The van der Waals surface area contributed by atoms with E-state index in [0.717, 1.165) is 13.0 Å². The number of alkyl halides is 1. The van der Waals surface area contributed by atoms with Crippen LogP contribution < -0.4 is 5.32 Å². The number of fused-ring (bicyclic) bond motifs is 1. The summed E-state index contributed by atoms with van der Waals surface area (Å²) >= 11 is 6.10. The molecule has 2 atom stereocenters. The Balaban J connectivity index is 0.000000980. The van der Waals surface area contributed by atoms with E-state index < -0.39 is 0 Å². The zero-order valence-corrected chi connectivity index (χ0v) is 9.74. The Hall–Kier alpha value is -0.240. The first kappa shape index (κ1) is 11.8. The van der Waals surface area contributed by atoms with Crippen molar-refractivity contribution in [2.24, 2.45) is 0 Å². The maximum Gasteiger partial charge on any atom is 0.0866 e. The second-order valence-electron chi connectivity index (χ2n) is 3.68. The molecule has 1 heterocycles. The van der Waals surface area contributed by atoms with Crippen LogP contribution >= 0.6 is 24.0 Å². The molecule has 0 spiro atoms. The first-order valence-corrected chi connectivity index (χ1v) is 5.16. The highest BCUT2D eigenvalue weighted by Gasteiger charge is 2.17. The Morgan fingerprint density at radius 2 is 2.07 bits per heavy atom. The fraction of sp³-hybridized carbons (Fsp3) is 0.455. The van der Waals surface area contributed by atoms with Crippen LogP contribution in [0.3, 0.4) is 0 Å². The van der Waals surface area contributed by atoms with Gasteiger partial charge in [-0.25, -0.2) is 0 Å². The normalized spacial score (nSPS) is 25.9. The van der Waals surface area contributed by atoms with Crippen molar-refractivity contribution in [1.29, 1.82) is 0 Å². The molecule has 0 aliphatic carbocycles. The molecule has 0 saturated heterocycles. The molecule has 1 nitrogen and oxygen atoms in total. The van der Waals surface area contributed by atoms with Crippen molar-refractivity contribution in [3.63, 3.8) is 0 Å². The van der Waals surface area contributed by atoms with Crippen molar-refractivity contribution in [2.75, 3.05) is 6.54 Å². The van der Waals surface area contributed by atoms with Crippen LogP contribution in [0, 0.1) is 0 Å². The minimum atomic E-state index is 0. The van der Waals surface area contributed by atoms with Crippen LogP contribution in [0.5, 0.6) is 0 Å². The molecule has 1 aliphatic heterocycles. The topological polar surface area (TPSA) is 12.0 Å². The zero-order valence-electron chi connectivity index (χ0n) is 8.16. The van der Waals surface area contributed by atoms with Crippen molar-refractivity contribution in [1.82, 2.24) is 5.32 Å². The summed E-state index contributed by atoms with van der Waals surface area (Å²) in [6.45, 7) is 3.21. The maximum atomic E-state index is 6.10. The van der Waals surface area contributed by atoms with Crippen molar-refractivity contribution in [2.45, 2.75) is 24.8 Å². The van der Waals surface area contributed by atoms with Crippen molar-refractivity contribution >= 4 is 24.0 Å². The lowest BCUT2D eigenvalue weighted by Crippen LogP contribution is -2.26. The summed E-state index contributed by atoms with van der Waals surface area (Å²) < 4.78 is 0. The highest BCUT2D eigenvalue weighted by Crippen LogP contribution is 2.24. The van der Waals surface area contributed by atoms with Crippen LogP contribution in [0.2, 0.25) is 0 Å². The Labute approximate surface area is 96.3 Å². The summed E-state index contributed by atoms with van der Waals surface area (Å²) in [5.74, 6) is 0.569. The van der Waals surface area contributed by atoms with E-state index in [-0.39, 0.29) is 17.9 Å². The highest BCUT2D eigenvalue weighted by molar-refractivity contribution is 6.20. The molecule has 1 aliphatic rings. The molecule has 0 bridgehead atoms. The molecule has 2 rings (SSSR count). The molecule has 0 saturated carbocycles. The van der Waals surface area contributed by atoms with Crippen LogP contribution in [-0.2, 0) is 6.42 Å². The maximum absolute atomic E-state index is 6.10. The summed E-state index contributed by atoms with van der Waals surface area (Å²) in [5, 5.41) is 3.31. The number of hydrogen-bond donors (Lipinski definition) is 1. The van der Waals surface area contributed by atoms with Gasteiger partial charge in [0.15, 0.2) is 0 Å². The van der Waals surface area contributed by atoms with E-state index in [9.17, 15) is 0 Å². The summed E-state index contributed by atoms with van der Waals surface area (Å²) in [7, 11) is 0. The fourth-order valence-corrected chi connectivity index (χ4v) is 2.14. The van der Waals surface area contributed by atoms with Gasteiger partial charge in [0.2, 0.25) is 0 Å². The number of benzene rings is 1. The number of rotatable bonds is 0.